The number of unbranched alkanes of at least 4 members (excludes halogenated alkanes) is 5. The van der Waals surface area contributed by atoms with Gasteiger partial charge in [-0.3, -0.25) is 0 Å². The van der Waals surface area contributed by atoms with Crippen LogP contribution in [0.2, 0.25) is 0 Å². The third kappa shape index (κ3) is 17.3. The van der Waals surface area contributed by atoms with Crippen LogP contribution in [0.3, 0.4) is 0 Å². The average molecular weight is 161 g/mol. The number of hydrogen-bond donors (Lipinski definition) is 2. The number of rotatable bonds is 7. The summed E-state index contributed by atoms with van der Waals surface area (Å²) in [7, 11) is 0. The maximum absolute atomic E-state index is 8.45. The molecule has 0 heterocycles. The van der Waals surface area contributed by atoms with E-state index in [9.17, 15) is 0 Å². The van der Waals surface area contributed by atoms with Gasteiger partial charge < -0.3 is 10.8 Å². The molecule has 12 heavy (non-hydrogen) atoms. The zero-order valence-electron chi connectivity index (χ0n) is 6.68. The van der Waals surface area contributed by atoms with Gasteiger partial charge >= 0.3 is 37.7 Å². The first-order valence-electron chi connectivity index (χ1n) is 4.22. The zero-order valence-corrected chi connectivity index (χ0v) is 6.68. The van der Waals surface area contributed by atoms with Crippen LogP contribution in [0.15, 0.2) is 0 Å². The third-order valence-corrected chi connectivity index (χ3v) is 1.61. The van der Waals surface area contributed by atoms with Crippen LogP contribution in [0, 0.1) is 0 Å². The van der Waals surface area contributed by atoms with E-state index < -0.39 is 0 Å². The summed E-state index contributed by atoms with van der Waals surface area (Å²) in [5.41, 5.74) is 5.33. The monoisotopic (exact) mass is 161 g/mol. The molecule has 0 atom stereocenters. The Labute approximate surface area is 100 Å². The van der Waals surface area contributed by atoms with Crippen molar-refractivity contribution in [3.8, 4) is 0 Å². The fraction of sp³-hybridized carbons (Fsp3) is 1.00. The van der Waals surface area contributed by atoms with Crippen molar-refractivity contribution in [1.82, 2.24) is 0 Å². The minimum absolute atomic E-state index is 0. The molecule has 3 N–H and O–H groups in total. The number of aliphatic hydroxyl groups is 1. The summed E-state index contributed by atoms with van der Waals surface area (Å²) in [5.74, 6) is 0. The van der Waals surface area contributed by atoms with Crippen LogP contribution in [0.4, 0.5) is 0 Å². The molecule has 0 bridgehead atoms. The van der Waals surface area contributed by atoms with Crippen molar-refractivity contribution in [1.29, 1.82) is 0 Å². The molecule has 0 aliphatic heterocycles. The third-order valence-electron chi connectivity index (χ3n) is 1.61. The number of hydrogen-bond acceptors (Lipinski definition) is 2. The van der Waals surface area contributed by atoms with E-state index in [1.807, 2.05) is 0 Å². The summed E-state index contributed by atoms with van der Waals surface area (Å²) in [4.78, 5) is 0. The Kier molecular flexibility index (Phi) is 28.2. The van der Waals surface area contributed by atoms with E-state index in [2.05, 4.69) is 0 Å². The molecule has 0 saturated heterocycles. The van der Waals surface area contributed by atoms with Gasteiger partial charge in [0.25, 0.3) is 0 Å². The van der Waals surface area contributed by atoms with Gasteiger partial charge in [-0.25, -0.2) is 0 Å². The first kappa shape index (κ1) is 18.8. The molecule has 0 saturated carbocycles. The summed E-state index contributed by atoms with van der Waals surface area (Å²) >= 11 is 0. The molecule has 66 valence electrons. The second-order valence-electron chi connectivity index (χ2n) is 2.63. The van der Waals surface area contributed by atoms with Gasteiger partial charge in [0.05, 0.1) is 0 Å². The zero-order chi connectivity index (χ0) is 7.66. The van der Waals surface area contributed by atoms with Gasteiger partial charge in [-0.05, 0) is 19.4 Å². The van der Waals surface area contributed by atoms with Gasteiger partial charge in [0.2, 0.25) is 0 Å². The summed E-state index contributed by atoms with van der Waals surface area (Å²) < 4.78 is 0. The Bertz CT molecular complexity index is 57.0. The van der Waals surface area contributed by atoms with Crippen LogP contribution < -0.4 is 5.73 Å². The van der Waals surface area contributed by atoms with Gasteiger partial charge in [0.15, 0.2) is 0 Å². The molecule has 0 unspecified atom stereocenters. The van der Waals surface area contributed by atoms with E-state index in [0.29, 0.717) is 6.61 Å². The van der Waals surface area contributed by atoms with E-state index in [-0.39, 0.29) is 37.7 Å². The molecule has 0 fully saturated rings. The second kappa shape index (κ2) is 18.0. The van der Waals surface area contributed by atoms with Crippen molar-refractivity contribution in [3.63, 3.8) is 0 Å². The standard InChI is InChI=1S/C8H19NO.2Li.2H/c9-7-5-3-1-2-4-6-8-10;;;;/h10H,1-9H2;;;;. The van der Waals surface area contributed by atoms with Gasteiger partial charge in [-0.15, -0.1) is 0 Å². The molecule has 0 amide bonds. The molecule has 0 rings (SSSR count). The Morgan fingerprint density at radius 1 is 0.750 bits per heavy atom. The predicted octanol–water partition coefficient (Wildman–Crippen LogP) is -0.0190. The second-order valence-corrected chi connectivity index (χ2v) is 2.63. The fourth-order valence-corrected chi connectivity index (χ4v) is 0.963. The topological polar surface area (TPSA) is 46.2 Å². The molecule has 0 radical (unpaired) electrons. The van der Waals surface area contributed by atoms with Crippen LogP contribution >= 0.6 is 0 Å². The van der Waals surface area contributed by atoms with Crippen LogP contribution in [-0.4, -0.2) is 56.0 Å². The fourth-order valence-electron chi connectivity index (χ4n) is 0.963. The van der Waals surface area contributed by atoms with Crippen LogP contribution in [0.5, 0.6) is 0 Å². The summed E-state index contributed by atoms with van der Waals surface area (Å²) in [6.07, 6.45) is 7.06. The predicted molar refractivity (Wildman–Crippen MR) is 58.1 cm³/mol. The van der Waals surface area contributed by atoms with E-state index in [1.165, 1.54) is 25.7 Å². The molecule has 0 aromatic heterocycles. The normalized spacial score (nSPS) is 8.50. The maximum atomic E-state index is 8.45. The molecule has 0 aromatic carbocycles. The van der Waals surface area contributed by atoms with Gasteiger partial charge in [-0.2, -0.15) is 0 Å². The quantitative estimate of drug-likeness (QED) is 0.407. The van der Waals surface area contributed by atoms with Gasteiger partial charge in [0.1, 0.15) is 0 Å². The van der Waals surface area contributed by atoms with E-state index in [1.54, 1.807) is 0 Å². The Balaban J connectivity index is -0.000000405. The van der Waals surface area contributed by atoms with E-state index >= 15 is 0 Å². The molecule has 2 nitrogen and oxygen atoms in total. The Hall–Kier alpha value is 1.11. The first-order chi connectivity index (χ1) is 4.91. The SMILES string of the molecule is NCCCCCCCCO.[LiH].[LiH]. The summed E-state index contributed by atoms with van der Waals surface area (Å²) in [5, 5.41) is 8.45. The van der Waals surface area contributed by atoms with Gasteiger partial charge in [0, 0.05) is 6.61 Å². The van der Waals surface area contributed by atoms with Crippen molar-refractivity contribution in [2.45, 2.75) is 38.5 Å². The minimum atomic E-state index is 0. The van der Waals surface area contributed by atoms with Crippen LogP contribution in [-0.2, 0) is 0 Å². The molecular formula is C8H21Li2NO. The number of aliphatic hydroxyl groups excluding tert-OH is 1. The summed E-state index contributed by atoms with van der Waals surface area (Å²) in [6.45, 7) is 1.16. The molecule has 0 aromatic rings. The van der Waals surface area contributed by atoms with Crippen molar-refractivity contribution in [3.05, 3.63) is 0 Å². The molecular weight excluding hydrogens is 140 g/mol. The van der Waals surface area contributed by atoms with E-state index in [0.717, 1.165) is 19.4 Å². The first-order valence-corrected chi connectivity index (χ1v) is 4.22. The number of nitrogens with two attached hydrogens (primary N) is 1. The van der Waals surface area contributed by atoms with Crippen molar-refractivity contribution < 1.29 is 5.11 Å². The van der Waals surface area contributed by atoms with E-state index in [4.69, 9.17) is 10.8 Å². The molecule has 0 spiro atoms. The Morgan fingerprint density at radius 3 is 1.58 bits per heavy atom. The molecule has 0 aliphatic carbocycles. The Morgan fingerprint density at radius 2 is 1.17 bits per heavy atom. The van der Waals surface area contributed by atoms with Crippen LogP contribution in [0.1, 0.15) is 38.5 Å². The van der Waals surface area contributed by atoms with Crippen molar-refractivity contribution in [2.75, 3.05) is 13.2 Å². The average Bonchev–Trinajstić information content (AvgIpc) is 1.97. The van der Waals surface area contributed by atoms with Crippen LogP contribution in [0.25, 0.3) is 0 Å². The molecule has 4 heteroatoms. The van der Waals surface area contributed by atoms with Crippen molar-refractivity contribution >= 4 is 37.7 Å². The molecule has 0 aliphatic rings. The summed E-state index contributed by atoms with van der Waals surface area (Å²) in [6, 6.07) is 0. The van der Waals surface area contributed by atoms with Crippen molar-refractivity contribution in [2.24, 2.45) is 5.73 Å². The van der Waals surface area contributed by atoms with Gasteiger partial charge in [-0.1, -0.05) is 25.7 Å².